The number of hydrogen-bond acceptors (Lipinski definition) is 10. The van der Waals surface area contributed by atoms with Crippen molar-refractivity contribution < 1.29 is 43.8 Å². The van der Waals surface area contributed by atoms with E-state index in [2.05, 4.69) is 0 Å². The van der Waals surface area contributed by atoms with Crippen LogP contribution >= 0.6 is 0 Å². The third-order valence-electron chi connectivity index (χ3n) is 8.71. The van der Waals surface area contributed by atoms with E-state index in [1.54, 1.807) is 33.2 Å². The number of phenols is 1. The van der Waals surface area contributed by atoms with Crippen molar-refractivity contribution in [3.63, 3.8) is 0 Å². The van der Waals surface area contributed by atoms with E-state index in [1.165, 1.54) is 0 Å². The molecule has 2 aromatic rings. The first-order valence-electron chi connectivity index (χ1n) is 12.5. The van der Waals surface area contributed by atoms with Crippen LogP contribution in [-0.4, -0.2) is 84.9 Å². The van der Waals surface area contributed by atoms with Crippen LogP contribution in [0.4, 0.5) is 0 Å². The molecular formula is C27H32N2O9. The summed E-state index contributed by atoms with van der Waals surface area (Å²) in [6.45, 7) is 3.06. The molecule has 204 valence electrons. The topological polar surface area (TPSA) is 130 Å². The maximum absolute atomic E-state index is 14.2. The second kappa shape index (κ2) is 8.55. The predicted octanol–water partition coefficient (Wildman–Crippen LogP) is 1.65. The second-order valence-corrected chi connectivity index (χ2v) is 10.2. The van der Waals surface area contributed by atoms with E-state index in [0.717, 1.165) is 16.7 Å². The molecule has 1 unspecified atom stereocenters. The van der Waals surface area contributed by atoms with Crippen LogP contribution in [0.3, 0.4) is 0 Å². The Balaban J connectivity index is 1.66. The standard InChI is InChI=1S/C27H32N2O9/c1-10-20(31)17-16(26-24(10)37-9-38-26)14(8-30)29-19(21(17)32)18-15-12(7-13(27(29)33)28(18)3)22(34-4)11(2)23(35-5)25(15)36-6/h13-14,18-19,21,30-32H,7-9H2,1-6H3/t13-,14-,18-,19+,21?/m0/s1. The number of phenolic OH excluding ortho intramolecular Hbond substituents is 1. The van der Waals surface area contributed by atoms with Gasteiger partial charge in [-0.1, -0.05) is 0 Å². The number of hydrogen-bond donors (Lipinski definition) is 3. The van der Waals surface area contributed by atoms with Crippen LogP contribution in [0.2, 0.25) is 0 Å². The Kier molecular flexibility index (Phi) is 5.60. The Morgan fingerprint density at radius 2 is 1.61 bits per heavy atom. The van der Waals surface area contributed by atoms with Gasteiger partial charge in [0.2, 0.25) is 12.7 Å². The molecule has 1 saturated heterocycles. The average molecular weight is 529 g/mol. The number of aromatic hydroxyl groups is 1. The number of methoxy groups -OCH3 is 3. The van der Waals surface area contributed by atoms with Crippen molar-refractivity contribution in [3.05, 3.63) is 33.4 Å². The highest BCUT2D eigenvalue weighted by Crippen LogP contribution is 2.61. The normalized spacial score (nSPS) is 27.0. The minimum atomic E-state index is -1.31. The van der Waals surface area contributed by atoms with Crippen molar-refractivity contribution in [1.29, 1.82) is 0 Å². The quantitative estimate of drug-likeness (QED) is 0.539. The van der Waals surface area contributed by atoms with Crippen LogP contribution in [0, 0.1) is 13.8 Å². The van der Waals surface area contributed by atoms with Crippen molar-refractivity contribution >= 4 is 5.91 Å². The molecule has 5 atom stereocenters. The molecule has 4 aliphatic rings. The zero-order valence-electron chi connectivity index (χ0n) is 22.2. The van der Waals surface area contributed by atoms with E-state index in [0.29, 0.717) is 46.3 Å². The van der Waals surface area contributed by atoms with Crippen LogP contribution in [0.1, 0.15) is 51.6 Å². The maximum atomic E-state index is 14.2. The van der Waals surface area contributed by atoms with E-state index in [4.69, 9.17) is 23.7 Å². The second-order valence-electron chi connectivity index (χ2n) is 10.2. The number of amides is 1. The van der Waals surface area contributed by atoms with Crippen molar-refractivity contribution in [2.75, 3.05) is 41.8 Å². The molecule has 2 bridgehead atoms. The highest BCUT2D eigenvalue weighted by molar-refractivity contribution is 5.87. The first kappa shape index (κ1) is 24.9. The molecule has 0 radical (unpaired) electrons. The smallest absolute Gasteiger partial charge is 0.241 e. The van der Waals surface area contributed by atoms with Gasteiger partial charge >= 0.3 is 0 Å². The van der Waals surface area contributed by atoms with Crippen LogP contribution in [0.15, 0.2) is 0 Å². The van der Waals surface area contributed by atoms with E-state index in [1.807, 2.05) is 18.9 Å². The number of nitrogens with zero attached hydrogens (tertiary/aromatic N) is 2. The number of likely N-dealkylation sites (N-methyl/N-ethyl adjacent to an activating group) is 1. The number of carbonyl (C=O) groups excluding carboxylic acids is 1. The molecule has 0 aliphatic carbocycles. The maximum Gasteiger partial charge on any atom is 0.241 e. The third-order valence-corrected chi connectivity index (χ3v) is 8.71. The number of rotatable bonds is 4. The van der Waals surface area contributed by atoms with Crippen LogP contribution < -0.4 is 23.7 Å². The van der Waals surface area contributed by atoms with Gasteiger partial charge in [0, 0.05) is 39.8 Å². The summed E-state index contributed by atoms with van der Waals surface area (Å²) in [5.41, 5.74) is 3.33. The molecule has 0 aromatic heterocycles. The summed E-state index contributed by atoms with van der Waals surface area (Å²) in [5, 5.41) is 33.9. The lowest BCUT2D eigenvalue weighted by Crippen LogP contribution is -2.67. The van der Waals surface area contributed by atoms with E-state index in [-0.39, 0.29) is 24.0 Å². The molecule has 4 heterocycles. The number of fused-ring (bicyclic) bond motifs is 9. The number of piperazine rings is 1. The zero-order valence-corrected chi connectivity index (χ0v) is 22.2. The SMILES string of the molecule is COc1c(C)c(OC)c(OC)c2c1C[C@H]1C(=O)N3[C@@H](CO)c4c5c(c(C)c(O)c4C(O)[C@H]3[C@H]2N1C)OCO5. The number of ether oxygens (including phenoxy) is 5. The Labute approximate surface area is 220 Å². The average Bonchev–Trinajstić information content (AvgIpc) is 3.39. The Morgan fingerprint density at radius 3 is 2.24 bits per heavy atom. The highest BCUT2D eigenvalue weighted by atomic mass is 16.7. The Hall–Kier alpha value is -3.41. The molecule has 4 aliphatic heterocycles. The monoisotopic (exact) mass is 528 g/mol. The van der Waals surface area contributed by atoms with Gasteiger partial charge in [0.25, 0.3) is 0 Å². The molecule has 6 rings (SSSR count). The van der Waals surface area contributed by atoms with Crippen molar-refractivity contribution in [2.24, 2.45) is 0 Å². The molecule has 2 aromatic carbocycles. The van der Waals surface area contributed by atoms with E-state index < -0.39 is 36.9 Å². The lowest BCUT2D eigenvalue weighted by molar-refractivity contribution is -0.168. The van der Waals surface area contributed by atoms with E-state index in [9.17, 15) is 20.1 Å². The van der Waals surface area contributed by atoms with Gasteiger partial charge in [-0.15, -0.1) is 0 Å². The van der Waals surface area contributed by atoms with Gasteiger partial charge in [-0.3, -0.25) is 9.69 Å². The minimum Gasteiger partial charge on any atom is -0.507 e. The van der Waals surface area contributed by atoms with Gasteiger partial charge in [-0.25, -0.2) is 0 Å². The van der Waals surface area contributed by atoms with Gasteiger partial charge in [0.1, 0.15) is 17.6 Å². The lowest BCUT2D eigenvalue weighted by atomic mass is 9.72. The van der Waals surface area contributed by atoms with Crippen molar-refractivity contribution in [2.45, 2.75) is 50.5 Å². The first-order chi connectivity index (χ1) is 18.2. The van der Waals surface area contributed by atoms with Gasteiger partial charge in [0.15, 0.2) is 23.0 Å². The number of carbonyl (C=O) groups is 1. The summed E-state index contributed by atoms with van der Waals surface area (Å²) in [6.07, 6.45) is -0.973. The number of aliphatic hydroxyl groups excluding tert-OH is 2. The van der Waals surface area contributed by atoms with Gasteiger partial charge in [-0.05, 0) is 20.9 Å². The van der Waals surface area contributed by atoms with Gasteiger partial charge < -0.3 is 43.9 Å². The van der Waals surface area contributed by atoms with Gasteiger partial charge in [-0.2, -0.15) is 0 Å². The molecule has 3 N–H and O–H groups in total. The molecule has 11 heteroatoms. The summed E-state index contributed by atoms with van der Waals surface area (Å²) >= 11 is 0. The fourth-order valence-electron chi connectivity index (χ4n) is 7.12. The van der Waals surface area contributed by atoms with Crippen LogP contribution in [0.25, 0.3) is 0 Å². The molecule has 0 saturated carbocycles. The summed E-state index contributed by atoms with van der Waals surface area (Å²) in [4.78, 5) is 17.6. The summed E-state index contributed by atoms with van der Waals surface area (Å²) in [6, 6.07) is -2.89. The summed E-state index contributed by atoms with van der Waals surface area (Å²) in [7, 11) is 6.53. The molecule has 38 heavy (non-hydrogen) atoms. The van der Waals surface area contributed by atoms with Crippen molar-refractivity contribution in [1.82, 2.24) is 9.80 Å². The highest BCUT2D eigenvalue weighted by Gasteiger charge is 2.59. The Morgan fingerprint density at radius 1 is 0.947 bits per heavy atom. The summed E-state index contributed by atoms with van der Waals surface area (Å²) in [5.74, 6) is 1.90. The molecule has 1 amide bonds. The third kappa shape index (κ3) is 2.86. The molecule has 1 fully saturated rings. The molecule has 0 spiro atoms. The predicted molar refractivity (Wildman–Crippen MR) is 133 cm³/mol. The minimum absolute atomic E-state index is 0.0603. The van der Waals surface area contributed by atoms with Crippen LogP contribution in [-0.2, 0) is 11.2 Å². The number of benzene rings is 2. The largest absolute Gasteiger partial charge is 0.507 e. The zero-order chi connectivity index (χ0) is 27.2. The fourth-order valence-corrected chi connectivity index (χ4v) is 7.12. The number of aliphatic hydroxyl groups is 2. The van der Waals surface area contributed by atoms with Crippen LogP contribution in [0.5, 0.6) is 34.5 Å². The summed E-state index contributed by atoms with van der Waals surface area (Å²) < 4.78 is 28.8. The Bertz CT molecular complexity index is 1360. The van der Waals surface area contributed by atoms with E-state index >= 15 is 0 Å². The molecular weight excluding hydrogens is 496 g/mol. The van der Waals surface area contributed by atoms with Crippen molar-refractivity contribution in [3.8, 4) is 34.5 Å². The molecule has 11 nitrogen and oxygen atoms in total. The fraction of sp³-hybridized carbons (Fsp3) is 0.519. The van der Waals surface area contributed by atoms with Gasteiger partial charge in [0.05, 0.1) is 52.1 Å². The first-order valence-corrected chi connectivity index (χ1v) is 12.5. The lowest BCUT2D eigenvalue weighted by Gasteiger charge is -2.58.